The van der Waals surface area contributed by atoms with Crippen LogP contribution in [0.15, 0.2) is 41.3 Å². The number of ether oxygens (including phenoxy) is 2. The van der Waals surface area contributed by atoms with Gasteiger partial charge < -0.3 is 14.8 Å². The lowest BCUT2D eigenvalue weighted by Crippen LogP contribution is -2.41. The molecule has 164 valence electrons. The van der Waals surface area contributed by atoms with Gasteiger partial charge in [-0.1, -0.05) is 36.2 Å². The van der Waals surface area contributed by atoms with Crippen LogP contribution in [0.25, 0.3) is 0 Å². The van der Waals surface area contributed by atoms with Crippen LogP contribution >= 0.6 is 23.2 Å². The van der Waals surface area contributed by atoms with E-state index in [0.717, 1.165) is 9.87 Å². The van der Waals surface area contributed by atoms with E-state index in [9.17, 15) is 13.2 Å². The van der Waals surface area contributed by atoms with E-state index in [1.807, 2.05) is 0 Å². The van der Waals surface area contributed by atoms with E-state index in [2.05, 4.69) is 5.32 Å². The topological polar surface area (TPSA) is 84.9 Å². The van der Waals surface area contributed by atoms with Crippen molar-refractivity contribution in [1.29, 1.82) is 0 Å². The van der Waals surface area contributed by atoms with Crippen LogP contribution in [0.4, 0.5) is 0 Å². The van der Waals surface area contributed by atoms with Gasteiger partial charge in [0.2, 0.25) is 15.9 Å². The fourth-order valence-corrected chi connectivity index (χ4v) is 4.98. The van der Waals surface area contributed by atoms with Gasteiger partial charge >= 0.3 is 0 Å². The number of amides is 1. The van der Waals surface area contributed by atoms with Gasteiger partial charge in [-0.3, -0.25) is 4.79 Å². The van der Waals surface area contributed by atoms with E-state index in [0.29, 0.717) is 11.5 Å². The monoisotopic (exact) mass is 474 g/mol. The summed E-state index contributed by atoms with van der Waals surface area (Å²) in [6, 6.07) is 9.08. The molecule has 2 aromatic rings. The van der Waals surface area contributed by atoms with Crippen molar-refractivity contribution in [2.45, 2.75) is 24.8 Å². The largest absolute Gasteiger partial charge is 0.493 e. The highest BCUT2D eigenvalue weighted by Crippen LogP contribution is 2.30. The lowest BCUT2D eigenvalue weighted by atomic mass is 10.1. The summed E-state index contributed by atoms with van der Waals surface area (Å²) in [6.45, 7) is 3.15. The number of nitrogens with zero attached hydrogens (tertiary/aromatic N) is 1. The summed E-state index contributed by atoms with van der Waals surface area (Å²) < 4.78 is 37.4. The van der Waals surface area contributed by atoms with Crippen molar-refractivity contribution in [3.63, 3.8) is 0 Å². The number of sulfonamides is 1. The Morgan fingerprint density at radius 1 is 1.10 bits per heavy atom. The smallest absolute Gasteiger partial charge is 0.245 e. The van der Waals surface area contributed by atoms with Crippen LogP contribution in [-0.4, -0.2) is 45.9 Å². The van der Waals surface area contributed by atoms with Crippen molar-refractivity contribution in [3.05, 3.63) is 52.0 Å². The first kappa shape index (κ1) is 24.3. The Morgan fingerprint density at radius 2 is 1.77 bits per heavy atom. The molecule has 0 bridgehead atoms. The molecule has 0 unspecified atom stereocenters. The highest BCUT2D eigenvalue weighted by Gasteiger charge is 2.28. The van der Waals surface area contributed by atoms with Gasteiger partial charge in [-0.2, -0.15) is 4.31 Å². The molecule has 0 aliphatic heterocycles. The van der Waals surface area contributed by atoms with Crippen LogP contribution in [-0.2, 0) is 14.8 Å². The fourth-order valence-electron chi connectivity index (χ4n) is 2.83. The number of nitrogens with one attached hydrogen (secondary N) is 1. The fraction of sp³-hybridized carbons (Fsp3) is 0.350. The number of halogens is 2. The third-order valence-corrected chi connectivity index (χ3v) is 7.11. The van der Waals surface area contributed by atoms with Crippen LogP contribution in [0, 0.1) is 0 Å². The molecule has 0 aromatic heterocycles. The first-order valence-corrected chi connectivity index (χ1v) is 11.3. The second-order valence-corrected chi connectivity index (χ2v) is 9.16. The molecule has 10 heteroatoms. The number of benzene rings is 2. The summed E-state index contributed by atoms with van der Waals surface area (Å²) in [5.74, 6) is 0.645. The summed E-state index contributed by atoms with van der Waals surface area (Å²) in [7, 11) is -0.940. The lowest BCUT2D eigenvalue weighted by Gasteiger charge is -2.22. The highest BCUT2D eigenvalue weighted by molar-refractivity contribution is 7.89. The van der Waals surface area contributed by atoms with Crippen molar-refractivity contribution >= 4 is 39.1 Å². The maximum Gasteiger partial charge on any atom is 0.245 e. The van der Waals surface area contributed by atoms with E-state index < -0.39 is 15.9 Å². The molecule has 2 aromatic carbocycles. The molecular weight excluding hydrogens is 451 g/mol. The standard InChI is InChI=1S/C20H24Cl2N2O5S/c1-5-24(30(26,27)19-11-15(21)7-8-16(19)22)12-20(25)23-13(2)14-6-9-17(28-3)18(10-14)29-4/h6-11,13H,5,12H2,1-4H3,(H,23,25)/t13-/m1/s1. The first-order valence-electron chi connectivity index (χ1n) is 9.10. The van der Waals surface area contributed by atoms with Crippen molar-refractivity contribution in [3.8, 4) is 11.5 Å². The quantitative estimate of drug-likeness (QED) is 0.595. The Labute approximate surface area is 186 Å². The van der Waals surface area contributed by atoms with Crippen molar-refractivity contribution < 1.29 is 22.7 Å². The van der Waals surface area contributed by atoms with Crippen LogP contribution in [0.5, 0.6) is 11.5 Å². The van der Waals surface area contributed by atoms with Gasteiger partial charge in [-0.15, -0.1) is 0 Å². The zero-order chi connectivity index (χ0) is 22.5. The minimum absolute atomic E-state index is 0.0388. The molecule has 1 amide bonds. The molecular formula is C20H24Cl2N2O5S. The van der Waals surface area contributed by atoms with Crippen LogP contribution in [0.2, 0.25) is 10.0 Å². The summed E-state index contributed by atoms with van der Waals surface area (Å²) >= 11 is 12.0. The summed E-state index contributed by atoms with van der Waals surface area (Å²) in [5.41, 5.74) is 0.782. The summed E-state index contributed by atoms with van der Waals surface area (Å²) in [6.07, 6.45) is 0. The number of hydrogen-bond donors (Lipinski definition) is 1. The molecule has 1 atom stereocenters. The second kappa shape index (κ2) is 10.3. The molecule has 0 heterocycles. The average Bonchev–Trinajstić information content (AvgIpc) is 2.72. The highest BCUT2D eigenvalue weighted by atomic mass is 35.5. The molecule has 0 saturated heterocycles. The first-order chi connectivity index (χ1) is 14.1. The number of likely N-dealkylation sites (N-methyl/N-ethyl adjacent to an activating group) is 1. The van der Waals surface area contributed by atoms with Gasteiger partial charge in [-0.25, -0.2) is 8.42 Å². The van der Waals surface area contributed by atoms with E-state index in [1.54, 1.807) is 32.0 Å². The minimum atomic E-state index is -4.00. The zero-order valence-electron chi connectivity index (χ0n) is 17.1. The molecule has 0 spiro atoms. The molecule has 0 saturated carbocycles. The van der Waals surface area contributed by atoms with E-state index in [4.69, 9.17) is 32.7 Å². The van der Waals surface area contributed by atoms with Crippen molar-refractivity contribution in [2.75, 3.05) is 27.3 Å². The van der Waals surface area contributed by atoms with E-state index in [-0.39, 0.29) is 34.1 Å². The van der Waals surface area contributed by atoms with Gasteiger partial charge in [0.25, 0.3) is 0 Å². The maximum absolute atomic E-state index is 13.0. The van der Waals surface area contributed by atoms with Crippen molar-refractivity contribution in [1.82, 2.24) is 9.62 Å². The van der Waals surface area contributed by atoms with Gasteiger partial charge in [0, 0.05) is 11.6 Å². The molecule has 0 aliphatic rings. The third kappa shape index (κ3) is 5.57. The number of carbonyl (C=O) groups excluding carboxylic acids is 1. The SMILES string of the molecule is CCN(CC(=O)N[C@H](C)c1ccc(OC)c(OC)c1)S(=O)(=O)c1cc(Cl)ccc1Cl. The number of methoxy groups -OCH3 is 2. The van der Waals surface area contributed by atoms with Crippen LogP contribution in [0.3, 0.4) is 0 Å². The predicted molar refractivity (Wildman–Crippen MR) is 117 cm³/mol. The molecule has 1 N–H and O–H groups in total. The number of hydrogen-bond acceptors (Lipinski definition) is 5. The molecule has 2 rings (SSSR count). The summed E-state index contributed by atoms with van der Waals surface area (Å²) in [5, 5.41) is 3.07. The van der Waals surface area contributed by atoms with E-state index >= 15 is 0 Å². The Balaban J connectivity index is 2.16. The van der Waals surface area contributed by atoms with E-state index in [1.165, 1.54) is 32.4 Å². The Hall–Kier alpha value is -2.00. The molecule has 7 nitrogen and oxygen atoms in total. The third-order valence-electron chi connectivity index (χ3n) is 4.47. The predicted octanol–water partition coefficient (Wildman–Crippen LogP) is 3.90. The van der Waals surface area contributed by atoms with Crippen LogP contribution in [0.1, 0.15) is 25.5 Å². The van der Waals surface area contributed by atoms with Gasteiger partial charge in [-0.05, 0) is 42.8 Å². The van der Waals surface area contributed by atoms with Crippen molar-refractivity contribution in [2.24, 2.45) is 0 Å². The molecule has 0 aliphatic carbocycles. The maximum atomic E-state index is 13.0. The Kier molecular flexibility index (Phi) is 8.37. The van der Waals surface area contributed by atoms with Gasteiger partial charge in [0.15, 0.2) is 11.5 Å². The summed E-state index contributed by atoms with van der Waals surface area (Å²) in [4.78, 5) is 12.4. The normalized spacial score (nSPS) is 12.5. The average molecular weight is 475 g/mol. The molecule has 0 fully saturated rings. The lowest BCUT2D eigenvalue weighted by molar-refractivity contribution is -0.121. The van der Waals surface area contributed by atoms with Gasteiger partial charge in [0.05, 0.1) is 31.8 Å². The Bertz CT molecular complexity index is 1010. The molecule has 30 heavy (non-hydrogen) atoms. The second-order valence-electron chi connectivity index (χ2n) is 6.41. The minimum Gasteiger partial charge on any atom is -0.493 e. The number of carbonyl (C=O) groups is 1. The zero-order valence-corrected chi connectivity index (χ0v) is 19.4. The number of rotatable bonds is 9. The van der Waals surface area contributed by atoms with Crippen LogP contribution < -0.4 is 14.8 Å². The molecule has 0 radical (unpaired) electrons. The Morgan fingerprint density at radius 3 is 2.37 bits per heavy atom. The van der Waals surface area contributed by atoms with Gasteiger partial charge in [0.1, 0.15) is 4.90 Å².